The summed E-state index contributed by atoms with van der Waals surface area (Å²) in [6.45, 7) is 5.30. The summed E-state index contributed by atoms with van der Waals surface area (Å²) >= 11 is 0. The van der Waals surface area contributed by atoms with E-state index in [1.807, 2.05) is 12.4 Å². The molecule has 0 saturated carbocycles. The van der Waals surface area contributed by atoms with Crippen molar-refractivity contribution in [2.45, 2.75) is 56.8 Å². The number of carboxylic acid groups (broad SMARTS) is 2. The molecule has 3 aliphatic heterocycles. The van der Waals surface area contributed by atoms with Gasteiger partial charge >= 0.3 is 24.3 Å². The van der Waals surface area contributed by atoms with Gasteiger partial charge in [0.25, 0.3) is 0 Å². The number of carbonyl (C=O) groups excluding carboxylic acids is 1. The van der Waals surface area contributed by atoms with E-state index in [9.17, 15) is 31.1 Å². The van der Waals surface area contributed by atoms with Gasteiger partial charge in [0.1, 0.15) is 6.10 Å². The predicted octanol–water partition coefficient (Wildman–Crippen LogP) is 2.87. The summed E-state index contributed by atoms with van der Waals surface area (Å²) in [4.78, 5) is 36.8. The molecule has 16 heteroatoms. The number of rotatable bonds is 5. The number of carbonyl (C=O) groups is 3. The van der Waals surface area contributed by atoms with Gasteiger partial charge in [0, 0.05) is 45.2 Å². The maximum atomic E-state index is 12.5. The molecule has 0 radical (unpaired) electrons. The molecule has 40 heavy (non-hydrogen) atoms. The maximum absolute atomic E-state index is 12.5. The van der Waals surface area contributed by atoms with E-state index in [2.05, 4.69) is 27.3 Å². The van der Waals surface area contributed by atoms with Crippen LogP contribution in [0.3, 0.4) is 0 Å². The van der Waals surface area contributed by atoms with E-state index in [0.29, 0.717) is 11.8 Å². The van der Waals surface area contributed by atoms with Crippen molar-refractivity contribution in [3.8, 4) is 0 Å². The summed E-state index contributed by atoms with van der Waals surface area (Å²) in [7, 11) is 0. The quantitative estimate of drug-likeness (QED) is 0.444. The minimum Gasteiger partial charge on any atom is -0.475 e. The molecule has 3 atom stereocenters. The molecule has 0 aromatic carbocycles. The van der Waals surface area contributed by atoms with Crippen LogP contribution in [0.2, 0.25) is 0 Å². The Morgan fingerprint density at radius 2 is 1.52 bits per heavy atom. The van der Waals surface area contributed by atoms with Crippen LogP contribution in [0.4, 0.5) is 26.3 Å². The van der Waals surface area contributed by atoms with Gasteiger partial charge in [0.2, 0.25) is 5.91 Å². The van der Waals surface area contributed by atoms with E-state index < -0.39 is 24.3 Å². The number of aliphatic carboxylic acids is 2. The Labute approximate surface area is 225 Å². The van der Waals surface area contributed by atoms with Crippen LogP contribution in [0.1, 0.15) is 31.2 Å². The number of pyridine rings is 1. The topological polar surface area (TPSA) is 138 Å². The molecular formula is C24H31F6N3O7. The minimum atomic E-state index is -5.08. The smallest absolute Gasteiger partial charge is 0.475 e. The number of hydrogen-bond acceptors (Lipinski definition) is 7. The molecule has 1 amide bonds. The zero-order chi connectivity index (χ0) is 29.9. The van der Waals surface area contributed by atoms with E-state index in [1.54, 1.807) is 0 Å². The third-order valence-electron chi connectivity index (χ3n) is 6.47. The normalized spacial score (nSPS) is 23.5. The second kappa shape index (κ2) is 15.1. The fraction of sp³-hybridized carbons (Fsp3) is 0.667. The number of ether oxygens (including phenoxy) is 2. The Bertz CT molecular complexity index is 935. The second-order valence-electron chi connectivity index (χ2n) is 9.44. The largest absolute Gasteiger partial charge is 0.490 e. The standard InChI is InChI=1S/C20H29N3O3.2C2HF3O2/c24-20(22-12-15-4-9-25-10-5-15)18-11-17-3-8-23(14-19(17)26-18)13-16-1-6-21-7-2-16;2*3-2(4,5)1(6)7/h1-2,6-7,15,17-19H,3-5,8-14H2,(H,22,24);2*(H,6,7)/t17-,18-,19+;;/m0../s1. The molecule has 1 aromatic rings. The first-order valence-corrected chi connectivity index (χ1v) is 12.4. The number of amides is 1. The van der Waals surface area contributed by atoms with Crippen molar-refractivity contribution in [3.05, 3.63) is 30.1 Å². The molecule has 10 nitrogen and oxygen atoms in total. The van der Waals surface area contributed by atoms with Gasteiger partial charge in [-0.2, -0.15) is 26.3 Å². The number of nitrogens with zero attached hydrogens (tertiary/aromatic N) is 2. The van der Waals surface area contributed by atoms with E-state index in [0.717, 1.165) is 65.1 Å². The highest BCUT2D eigenvalue weighted by molar-refractivity contribution is 5.81. The molecule has 1 aromatic heterocycles. The van der Waals surface area contributed by atoms with Crippen molar-refractivity contribution >= 4 is 17.8 Å². The molecule has 3 saturated heterocycles. The number of hydrogen-bond donors (Lipinski definition) is 3. The summed E-state index contributed by atoms with van der Waals surface area (Å²) in [5, 5.41) is 17.4. The monoisotopic (exact) mass is 587 g/mol. The van der Waals surface area contributed by atoms with Gasteiger partial charge in [-0.3, -0.25) is 14.7 Å². The van der Waals surface area contributed by atoms with E-state index in [1.165, 1.54) is 5.56 Å². The molecule has 3 aliphatic rings. The van der Waals surface area contributed by atoms with Crippen LogP contribution < -0.4 is 5.32 Å². The van der Waals surface area contributed by atoms with Crippen molar-refractivity contribution in [1.82, 2.24) is 15.2 Å². The number of halogens is 6. The summed E-state index contributed by atoms with van der Waals surface area (Å²) < 4.78 is 75.0. The van der Waals surface area contributed by atoms with E-state index in [-0.39, 0.29) is 18.1 Å². The van der Waals surface area contributed by atoms with Gasteiger partial charge in [0.05, 0.1) is 6.10 Å². The van der Waals surface area contributed by atoms with E-state index in [4.69, 9.17) is 29.3 Å². The summed E-state index contributed by atoms with van der Waals surface area (Å²) in [5.41, 5.74) is 1.28. The van der Waals surface area contributed by atoms with Crippen LogP contribution in [0, 0.1) is 11.8 Å². The first-order valence-electron chi connectivity index (χ1n) is 12.4. The lowest BCUT2D eigenvalue weighted by molar-refractivity contribution is -0.193. The van der Waals surface area contributed by atoms with Crippen LogP contribution in [0.25, 0.3) is 0 Å². The predicted molar refractivity (Wildman–Crippen MR) is 125 cm³/mol. The number of likely N-dealkylation sites (tertiary alicyclic amines) is 1. The van der Waals surface area contributed by atoms with Crippen LogP contribution in [0.5, 0.6) is 0 Å². The van der Waals surface area contributed by atoms with Crippen molar-refractivity contribution in [2.75, 3.05) is 32.8 Å². The molecule has 3 fully saturated rings. The van der Waals surface area contributed by atoms with Crippen molar-refractivity contribution in [3.63, 3.8) is 0 Å². The average Bonchev–Trinajstić information content (AvgIpc) is 3.32. The fourth-order valence-corrected chi connectivity index (χ4v) is 4.36. The first-order chi connectivity index (χ1) is 18.7. The SMILES string of the molecule is O=C(NCC1CCOCC1)[C@@H]1C[C@@H]2CCN(Cc3ccncc3)C[C@H]2O1.O=C(O)C(F)(F)F.O=C(O)C(F)(F)F. The third-order valence-corrected chi connectivity index (χ3v) is 6.47. The van der Waals surface area contributed by atoms with Crippen molar-refractivity contribution in [2.24, 2.45) is 11.8 Å². The summed E-state index contributed by atoms with van der Waals surface area (Å²) in [6, 6.07) is 4.13. The third kappa shape index (κ3) is 11.6. The lowest BCUT2D eigenvalue weighted by atomic mass is 9.91. The molecule has 0 aliphatic carbocycles. The van der Waals surface area contributed by atoms with Crippen molar-refractivity contribution in [1.29, 1.82) is 0 Å². The Hall–Kier alpha value is -2.98. The highest BCUT2D eigenvalue weighted by atomic mass is 19.4. The highest BCUT2D eigenvalue weighted by Crippen LogP contribution is 2.34. The van der Waals surface area contributed by atoms with Crippen LogP contribution in [-0.4, -0.2) is 95.4 Å². The zero-order valence-electron chi connectivity index (χ0n) is 21.3. The lowest BCUT2D eigenvalue weighted by Crippen LogP contribution is -2.42. The Morgan fingerprint density at radius 1 is 0.975 bits per heavy atom. The van der Waals surface area contributed by atoms with Gasteiger partial charge in [-0.25, -0.2) is 9.59 Å². The summed E-state index contributed by atoms with van der Waals surface area (Å²) in [5.74, 6) is -4.37. The molecule has 0 spiro atoms. The lowest BCUT2D eigenvalue weighted by Gasteiger charge is -2.34. The Morgan fingerprint density at radius 3 is 2.05 bits per heavy atom. The zero-order valence-corrected chi connectivity index (χ0v) is 21.3. The Kier molecular flexibility index (Phi) is 12.6. The first kappa shape index (κ1) is 33.2. The Balaban J connectivity index is 0.000000333. The van der Waals surface area contributed by atoms with E-state index >= 15 is 0 Å². The van der Waals surface area contributed by atoms with Gasteiger partial charge in [-0.15, -0.1) is 0 Å². The number of nitrogens with one attached hydrogen (secondary N) is 1. The molecule has 3 N–H and O–H groups in total. The number of fused-ring (bicyclic) bond motifs is 1. The summed E-state index contributed by atoms with van der Waals surface area (Å²) in [6.07, 6.45) is -2.51. The van der Waals surface area contributed by atoms with Gasteiger partial charge < -0.3 is 25.0 Å². The number of piperidine rings is 1. The van der Waals surface area contributed by atoms with Gasteiger partial charge in [-0.1, -0.05) is 0 Å². The van der Waals surface area contributed by atoms with Crippen LogP contribution >= 0.6 is 0 Å². The molecule has 0 unspecified atom stereocenters. The molecule has 226 valence electrons. The molecule has 4 heterocycles. The molecule has 4 rings (SSSR count). The fourth-order valence-electron chi connectivity index (χ4n) is 4.36. The van der Waals surface area contributed by atoms with Crippen LogP contribution in [-0.2, 0) is 30.4 Å². The van der Waals surface area contributed by atoms with Crippen LogP contribution in [0.15, 0.2) is 24.5 Å². The number of carboxylic acids is 2. The molecule has 0 bridgehead atoms. The minimum absolute atomic E-state index is 0.0755. The van der Waals surface area contributed by atoms with Gasteiger partial charge in [0.15, 0.2) is 0 Å². The second-order valence-corrected chi connectivity index (χ2v) is 9.44. The molecular weight excluding hydrogens is 556 g/mol. The number of alkyl halides is 6. The average molecular weight is 588 g/mol. The van der Waals surface area contributed by atoms with Crippen molar-refractivity contribution < 1.29 is 60.4 Å². The maximum Gasteiger partial charge on any atom is 0.490 e. The number of aromatic nitrogens is 1. The highest BCUT2D eigenvalue weighted by Gasteiger charge is 2.42. The van der Waals surface area contributed by atoms with Gasteiger partial charge in [-0.05, 0) is 61.8 Å².